The van der Waals surface area contributed by atoms with E-state index in [2.05, 4.69) is 136 Å². The largest absolute Gasteiger partial charge is 0.466 e. The van der Waals surface area contributed by atoms with Gasteiger partial charge in [0.2, 0.25) is 0 Å². The molecule has 9 heteroatoms. The number of rotatable bonds is 15. The molecule has 5 aromatic carbocycles. The van der Waals surface area contributed by atoms with Crippen molar-refractivity contribution in [3.05, 3.63) is 180 Å². The van der Waals surface area contributed by atoms with Crippen molar-refractivity contribution in [3.63, 3.8) is 0 Å². The topological polar surface area (TPSA) is 98.9 Å². The van der Waals surface area contributed by atoms with Crippen molar-refractivity contribution in [3.8, 4) is 22.5 Å². The lowest BCUT2D eigenvalue weighted by atomic mass is 9.77. The molecule has 270 valence electrons. The molecule has 0 spiro atoms. The van der Waals surface area contributed by atoms with Gasteiger partial charge in [0.25, 0.3) is 0 Å². The summed E-state index contributed by atoms with van der Waals surface area (Å²) in [6, 6.07) is 48.2. The van der Waals surface area contributed by atoms with Crippen LogP contribution in [-0.2, 0) is 28.0 Å². The summed E-state index contributed by atoms with van der Waals surface area (Å²) in [5.74, 6) is 1.12. The van der Waals surface area contributed by atoms with Crippen LogP contribution in [0.25, 0.3) is 22.5 Å². The molecular weight excluding hydrogens is 671 g/mol. The maximum Gasteiger partial charge on any atom is 0.310 e. The Morgan fingerprint density at radius 1 is 0.741 bits per heavy atom. The maximum absolute atomic E-state index is 12.4. The van der Waals surface area contributed by atoms with E-state index in [9.17, 15) is 4.79 Å². The molecule has 7 aromatic rings. The van der Waals surface area contributed by atoms with Crippen LogP contribution in [0.2, 0.25) is 0 Å². The second kappa shape index (κ2) is 16.9. The number of esters is 1. The molecule has 0 saturated carbocycles. The minimum absolute atomic E-state index is 0.127. The van der Waals surface area contributed by atoms with E-state index >= 15 is 0 Å². The van der Waals surface area contributed by atoms with Gasteiger partial charge in [0.05, 0.1) is 13.0 Å². The predicted octanol–water partition coefficient (Wildman–Crippen LogP) is 8.55. The van der Waals surface area contributed by atoms with Crippen LogP contribution >= 0.6 is 0 Å². The first-order valence-corrected chi connectivity index (χ1v) is 18.5. The van der Waals surface area contributed by atoms with Gasteiger partial charge in [-0.15, -0.1) is 5.10 Å². The van der Waals surface area contributed by atoms with Crippen molar-refractivity contribution in [1.82, 2.24) is 30.2 Å². The number of carbonyl (C=O) groups excluding carboxylic acids is 1. The number of nitrogens with zero attached hydrogens (tertiary/aromatic N) is 7. The average molecular weight is 714 g/mol. The second-order valence-corrected chi connectivity index (χ2v) is 13.1. The molecule has 0 N–H and O–H groups in total. The normalized spacial score (nSPS) is 11.3. The van der Waals surface area contributed by atoms with Crippen molar-refractivity contribution in [2.45, 2.75) is 45.2 Å². The van der Waals surface area contributed by atoms with Gasteiger partial charge in [-0.2, -0.15) is 0 Å². The van der Waals surface area contributed by atoms with Crippen molar-refractivity contribution in [2.24, 2.45) is 0 Å². The first-order valence-electron chi connectivity index (χ1n) is 18.5. The quantitative estimate of drug-likeness (QED) is 0.0770. The number of unbranched alkanes of at least 4 members (excludes halogenated alkanes) is 1. The van der Waals surface area contributed by atoms with Crippen LogP contribution in [-0.4, -0.2) is 49.3 Å². The third-order valence-electron chi connectivity index (χ3n) is 9.65. The molecule has 0 unspecified atom stereocenters. The molecule has 0 aliphatic rings. The summed E-state index contributed by atoms with van der Waals surface area (Å²) in [5, 5.41) is 13.8. The highest BCUT2D eigenvalue weighted by molar-refractivity contribution is 5.81. The lowest BCUT2D eigenvalue weighted by Crippen LogP contribution is -2.39. The van der Waals surface area contributed by atoms with Crippen LogP contribution in [0.1, 0.15) is 54.5 Å². The third-order valence-corrected chi connectivity index (χ3v) is 9.65. The van der Waals surface area contributed by atoms with E-state index in [-0.39, 0.29) is 12.4 Å². The van der Waals surface area contributed by atoms with E-state index in [1.54, 1.807) is 12.5 Å². The minimum atomic E-state index is -0.866. The van der Waals surface area contributed by atoms with Crippen LogP contribution in [0, 0.1) is 0 Å². The Kier molecular flexibility index (Phi) is 11.2. The highest BCUT2D eigenvalue weighted by Gasteiger charge is 2.42. The molecular formula is C45H43N7O2. The molecule has 0 atom stereocenters. The number of benzene rings is 5. The zero-order chi connectivity index (χ0) is 37.2. The molecule has 0 bridgehead atoms. The number of carbonyl (C=O) groups is 1. The van der Waals surface area contributed by atoms with Crippen molar-refractivity contribution >= 4 is 11.8 Å². The van der Waals surface area contributed by atoms with Crippen molar-refractivity contribution in [1.29, 1.82) is 0 Å². The van der Waals surface area contributed by atoms with Crippen molar-refractivity contribution in [2.75, 3.05) is 18.1 Å². The number of hydrogen-bond donors (Lipinski definition) is 0. The molecule has 0 saturated heterocycles. The Bertz CT molecular complexity index is 2160. The van der Waals surface area contributed by atoms with Crippen molar-refractivity contribution < 1.29 is 9.53 Å². The SMILES string of the molecule is CCCCN(Cc1ccc(-c2ccccc2-c2nnnn2C(c2ccccc2)(c2ccccc2)c2ccccc2)cc1)c1ncncc1CC(=O)OCC. The van der Waals surface area contributed by atoms with Gasteiger partial charge in [0.15, 0.2) is 5.82 Å². The Hall–Kier alpha value is -6.48. The van der Waals surface area contributed by atoms with Crippen LogP contribution in [0.4, 0.5) is 5.82 Å². The maximum atomic E-state index is 12.4. The van der Waals surface area contributed by atoms with Gasteiger partial charge in [-0.05, 0) is 57.2 Å². The molecule has 2 heterocycles. The molecule has 7 rings (SSSR count). The standard InChI is InChI=1S/C45H43N7O2/c1-3-5-29-51(43-36(31-46-33-47-43)30-42(53)54-4-2)32-34-25-27-35(28-26-34)40-23-15-16-24-41(40)44-48-49-50-52(44)45(37-17-9-6-10-18-37,38-19-11-7-12-20-38)39-21-13-8-14-22-39/h6-28,31,33H,3-5,29-30,32H2,1-2H3. The molecule has 0 amide bonds. The predicted molar refractivity (Wildman–Crippen MR) is 212 cm³/mol. The zero-order valence-corrected chi connectivity index (χ0v) is 30.6. The monoisotopic (exact) mass is 713 g/mol. The smallest absolute Gasteiger partial charge is 0.310 e. The number of aromatic nitrogens is 6. The summed E-state index contributed by atoms with van der Waals surface area (Å²) in [5.41, 5.74) is 7.10. The Morgan fingerprint density at radius 3 is 1.93 bits per heavy atom. The number of hydrogen-bond acceptors (Lipinski definition) is 8. The van der Waals surface area contributed by atoms with E-state index < -0.39 is 5.54 Å². The van der Waals surface area contributed by atoms with Crippen LogP contribution in [0.3, 0.4) is 0 Å². The second-order valence-electron chi connectivity index (χ2n) is 13.1. The van der Waals surface area contributed by atoms with Gasteiger partial charge in [0, 0.05) is 30.4 Å². The van der Waals surface area contributed by atoms with Crippen LogP contribution < -0.4 is 4.90 Å². The van der Waals surface area contributed by atoms with E-state index in [1.807, 2.05) is 41.9 Å². The lowest BCUT2D eigenvalue weighted by Gasteiger charge is -2.36. The van der Waals surface area contributed by atoms with Crippen LogP contribution in [0.15, 0.2) is 152 Å². The third kappa shape index (κ3) is 7.39. The molecule has 2 aromatic heterocycles. The fourth-order valence-electron chi connectivity index (χ4n) is 7.16. The van der Waals surface area contributed by atoms with Gasteiger partial charge >= 0.3 is 5.97 Å². The first-order chi connectivity index (χ1) is 26.6. The molecule has 0 aliphatic heterocycles. The summed E-state index contributed by atoms with van der Waals surface area (Å²) in [6.07, 6.45) is 5.40. The van der Waals surface area contributed by atoms with Crippen LogP contribution in [0.5, 0.6) is 0 Å². The fraction of sp³-hybridized carbons (Fsp3) is 0.200. The Labute approximate surface area is 316 Å². The Morgan fingerprint density at radius 2 is 1.33 bits per heavy atom. The van der Waals surface area contributed by atoms with E-state index in [1.165, 1.54) is 0 Å². The molecule has 54 heavy (non-hydrogen) atoms. The highest BCUT2D eigenvalue weighted by Crippen LogP contribution is 2.43. The summed E-state index contributed by atoms with van der Waals surface area (Å²) in [7, 11) is 0. The number of ether oxygens (including phenoxy) is 1. The summed E-state index contributed by atoms with van der Waals surface area (Å²) >= 11 is 0. The van der Waals surface area contributed by atoms with Gasteiger partial charge in [-0.25, -0.2) is 14.6 Å². The number of anilines is 1. The fourth-order valence-corrected chi connectivity index (χ4v) is 7.16. The Balaban J connectivity index is 1.28. The number of tetrazole rings is 1. The average Bonchev–Trinajstić information content (AvgIpc) is 3.72. The molecule has 0 fully saturated rings. The summed E-state index contributed by atoms with van der Waals surface area (Å²) in [6.45, 7) is 5.73. The van der Waals surface area contributed by atoms with Gasteiger partial charge < -0.3 is 9.64 Å². The summed E-state index contributed by atoms with van der Waals surface area (Å²) < 4.78 is 7.21. The van der Waals surface area contributed by atoms with Gasteiger partial charge in [0.1, 0.15) is 17.7 Å². The molecule has 0 aliphatic carbocycles. The first kappa shape index (κ1) is 35.9. The highest BCUT2D eigenvalue weighted by atomic mass is 16.5. The van der Waals surface area contributed by atoms with E-state index in [4.69, 9.17) is 15.0 Å². The zero-order valence-electron chi connectivity index (χ0n) is 30.6. The molecule has 9 nitrogen and oxygen atoms in total. The molecule has 0 radical (unpaired) electrons. The van der Waals surface area contributed by atoms with E-state index in [0.29, 0.717) is 19.0 Å². The van der Waals surface area contributed by atoms with E-state index in [0.717, 1.165) is 69.7 Å². The summed E-state index contributed by atoms with van der Waals surface area (Å²) in [4.78, 5) is 23.5. The minimum Gasteiger partial charge on any atom is -0.466 e. The lowest BCUT2D eigenvalue weighted by molar-refractivity contribution is -0.142. The van der Waals surface area contributed by atoms with Gasteiger partial charge in [-0.3, -0.25) is 4.79 Å². The van der Waals surface area contributed by atoms with Gasteiger partial charge in [-0.1, -0.05) is 153 Å².